The summed E-state index contributed by atoms with van der Waals surface area (Å²) in [4.78, 5) is 22.9. The molecular formula is C9H14N2O3. The Kier molecular flexibility index (Phi) is 3.24. The van der Waals surface area contributed by atoms with Crippen LogP contribution < -0.4 is 11.1 Å². The molecule has 78 valence electrons. The molecule has 1 rings (SSSR count). The Labute approximate surface area is 81.0 Å². The van der Waals surface area contributed by atoms with Gasteiger partial charge in [0.25, 0.3) is 11.1 Å². The van der Waals surface area contributed by atoms with E-state index in [-0.39, 0.29) is 17.7 Å². The van der Waals surface area contributed by atoms with Crippen molar-refractivity contribution in [1.29, 1.82) is 0 Å². The lowest BCUT2D eigenvalue weighted by molar-refractivity contribution is 0.275. The fourth-order valence-electron chi connectivity index (χ4n) is 1.18. The highest BCUT2D eigenvalue weighted by Crippen LogP contribution is 1.91. The van der Waals surface area contributed by atoms with E-state index < -0.39 is 0 Å². The van der Waals surface area contributed by atoms with Crippen LogP contribution in [0, 0.1) is 13.8 Å². The Bertz CT molecular complexity index is 431. The summed E-state index contributed by atoms with van der Waals surface area (Å²) in [5, 5.41) is 11.1. The van der Waals surface area contributed by atoms with Crippen LogP contribution in [-0.2, 0) is 6.54 Å². The molecule has 0 spiro atoms. The van der Waals surface area contributed by atoms with Gasteiger partial charge in [0.2, 0.25) is 0 Å². The summed E-state index contributed by atoms with van der Waals surface area (Å²) in [6.07, 6.45) is 0.457. The van der Waals surface area contributed by atoms with Crippen molar-refractivity contribution in [3.63, 3.8) is 0 Å². The molecule has 0 atom stereocenters. The topological polar surface area (TPSA) is 75.1 Å². The average Bonchev–Trinajstić information content (AvgIpc) is 2.18. The van der Waals surface area contributed by atoms with Gasteiger partial charge in [-0.15, -0.1) is 0 Å². The fraction of sp³-hybridized carbons (Fsp3) is 0.556. The minimum Gasteiger partial charge on any atom is -0.396 e. The summed E-state index contributed by atoms with van der Waals surface area (Å²) in [5.41, 5.74) is 0.470. The first-order valence-corrected chi connectivity index (χ1v) is 4.49. The van der Waals surface area contributed by atoms with Crippen molar-refractivity contribution in [1.82, 2.24) is 9.78 Å². The molecule has 0 saturated carbocycles. The third-order valence-electron chi connectivity index (χ3n) is 2.25. The van der Waals surface area contributed by atoms with Crippen LogP contribution in [0.1, 0.15) is 17.5 Å². The molecule has 14 heavy (non-hydrogen) atoms. The van der Waals surface area contributed by atoms with E-state index in [9.17, 15) is 9.59 Å². The zero-order chi connectivity index (χ0) is 10.7. The maximum atomic E-state index is 11.6. The Morgan fingerprint density at radius 3 is 2.50 bits per heavy atom. The van der Waals surface area contributed by atoms with Crippen molar-refractivity contribution >= 4 is 0 Å². The largest absolute Gasteiger partial charge is 0.396 e. The van der Waals surface area contributed by atoms with Gasteiger partial charge in [0.15, 0.2) is 0 Å². The van der Waals surface area contributed by atoms with E-state index in [1.54, 1.807) is 13.8 Å². The molecule has 1 heterocycles. The van der Waals surface area contributed by atoms with Crippen molar-refractivity contribution in [3.05, 3.63) is 31.8 Å². The van der Waals surface area contributed by atoms with E-state index in [0.717, 1.165) is 0 Å². The zero-order valence-corrected chi connectivity index (χ0v) is 8.33. The number of aryl methyl sites for hydroxylation is 1. The minimum absolute atomic E-state index is 0.00138. The third kappa shape index (κ3) is 1.93. The van der Waals surface area contributed by atoms with Gasteiger partial charge in [-0.3, -0.25) is 14.7 Å². The number of H-pyrrole nitrogens is 1. The van der Waals surface area contributed by atoms with E-state index in [1.165, 1.54) is 4.68 Å². The second-order valence-electron chi connectivity index (χ2n) is 3.22. The molecule has 0 aliphatic heterocycles. The van der Waals surface area contributed by atoms with Crippen molar-refractivity contribution in [3.8, 4) is 0 Å². The summed E-state index contributed by atoms with van der Waals surface area (Å²) in [6, 6.07) is 0. The number of aliphatic hydroxyl groups is 1. The van der Waals surface area contributed by atoms with Gasteiger partial charge < -0.3 is 5.11 Å². The molecule has 0 saturated heterocycles. The second kappa shape index (κ2) is 4.23. The number of aromatic nitrogens is 2. The first-order valence-electron chi connectivity index (χ1n) is 4.49. The fourth-order valence-corrected chi connectivity index (χ4v) is 1.18. The lowest BCUT2D eigenvalue weighted by atomic mass is 10.2. The van der Waals surface area contributed by atoms with Crippen LogP contribution in [0.5, 0.6) is 0 Å². The molecule has 1 aromatic rings. The quantitative estimate of drug-likeness (QED) is 0.689. The van der Waals surface area contributed by atoms with Crippen LogP contribution in [0.4, 0.5) is 0 Å². The highest BCUT2D eigenvalue weighted by atomic mass is 16.3. The third-order valence-corrected chi connectivity index (χ3v) is 2.25. The molecule has 5 heteroatoms. The van der Waals surface area contributed by atoms with Crippen molar-refractivity contribution < 1.29 is 5.11 Å². The SMILES string of the molecule is Cc1c(C)c(=O)n(CCCO)[nH]c1=O. The van der Waals surface area contributed by atoms with Crippen LogP contribution in [0.2, 0.25) is 0 Å². The summed E-state index contributed by atoms with van der Waals surface area (Å²) in [7, 11) is 0. The van der Waals surface area contributed by atoms with E-state index >= 15 is 0 Å². The smallest absolute Gasteiger partial charge is 0.268 e. The van der Waals surface area contributed by atoms with Gasteiger partial charge in [-0.2, -0.15) is 0 Å². The lowest BCUT2D eigenvalue weighted by Crippen LogP contribution is -2.33. The van der Waals surface area contributed by atoms with Gasteiger partial charge in [-0.25, -0.2) is 4.68 Å². The molecular weight excluding hydrogens is 184 g/mol. The van der Waals surface area contributed by atoms with Gasteiger partial charge in [0.05, 0.1) is 0 Å². The summed E-state index contributed by atoms with van der Waals surface area (Å²) in [5.74, 6) is 0. The molecule has 2 N–H and O–H groups in total. The van der Waals surface area contributed by atoms with Crippen LogP contribution in [0.15, 0.2) is 9.59 Å². The highest BCUT2D eigenvalue weighted by molar-refractivity contribution is 5.17. The Balaban J connectivity index is 3.20. The molecule has 0 radical (unpaired) electrons. The van der Waals surface area contributed by atoms with Crippen LogP contribution in [-0.4, -0.2) is 21.5 Å². The summed E-state index contributed by atoms with van der Waals surface area (Å²) < 4.78 is 1.24. The van der Waals surface area contributed by atoms with E-state index in [4.69, 9.17) is 5.11 Å². The predicted molar refractivity (Wildman–Crippen MR) is 52.5 cm³/mol. The van der Waals surface area contributed by atoms with Gasteiger partial charge in [0, 0.05) is 24.3 Å². The van der Waals surface area contributed by atoms with Crippen LogP contribution in [0.3, 0.4) is 0 Å². The highest BCUT2D eigenvalue weighted by Gasteiger charge is 2.05. The number of nitrogens with zero attached hydrogens (tertiary/aromatic N) is 1. The maximum Gasteiger partial charge on any atom is 0.268 e. The van der Waals surface area contributed by atoms with Crippen LogP contribution in [0.25, 0.3) is 0 Å². The zero-order valence-electron chi connectivity index (χ0n) is 8.33. The van der Waals surface area contributed by atoms with Crippen LogP contribution >= 0.6 is 0 Å². The molecule has 0 unspecified atom stereocenters. The summed E-state index contributed by atoms with van der Waals surface area (Å²) in [6.45, 7) is 3.58. The first-order chi connectivity index (χ1) is 6.57. The van der Waals surface area contributed by atoms with E-state index in [2.05, 4.69) is 5.10 Å². The number of aromatic amines is 1. The summed E-state index contributed by atoms with van der Waals surface area (Å²) >= 11 is 0. The Morgan fingerprint density at radius 1 is 1.29 bits per heavy atom. The Morgan fingerprint density at radius 2 is 1.93 bits per heavy atom. The molecule has 0 aromatic carbocycles. The van der Waals surface area contributed by atoms with Crippen molar-refractivity contribution in [2.24, 2.45) is 0 Å². The molecule has 0 amide bonds. The Hall–Kier alpha value is -1.36. The normalized spacial score (nSPS) is 10.5. The number of hydrogen-bond acceptors (Lipinski definition) is 3. The first kappa shape index (κ1) is 10.7. The number of hydrogen-bond donors (Lipinski definition) is 2. The van der Waals surface area contributed by atoms with E-state index in [1.807, 2.05) is 0 Å². The molecule has 1 aromatic heterocycles. The monoisotopic (exact) mass is 198 g/mol. The van der Waals surface area contributed by atoms with Crippen molar-refractivity contribution in [2.75, 3.05) is 6.61 Å². The molecule has 0 fully saturated rings. The number of nitrogens with one attached hydrogen (secondary N) is 1. The standard InChI is InChI=1S/C9H14N2O3/c1-6-7(2)9(14)11(4-3-5-12)10-8(6)13/h12H,3-5H2,1-2H3,(H,10,13). The van der Waals surface area contributed by atoms with Gasteiger partial charge in [0.1, 0.15) is 0 Å². The molecule has 5 nitrogen and oxygen atoms in total. The molecule has 0 aliphatic rings. The number of rotatable bonds is 3. The molecule has 0 bridgehead atoms. The maximum absolute atomic E-state index is 11.6. The van der Waals surface area contributed by atoms with Crippen molar-refractivity contribution in [2.45, 2.75) is 26.8 Å². The van der Waals surface area contributed by atoms with Gasteiger partial charge in [-0.1, -0.05) is 0 Å². The lowest BCUT2D eigenvalue weighted by Gasteiger charge is -2.06. The average molecular weight is 198 g/mol. The molecule has 0 aliphatic carbocycles. The number of aliphatic hydroxyl groups excluding tert-OH is 1. The second-order valence-corrected chi connectivity index (χ2v) is 3.22. The van der Waals surface area contributed by atoms with E-state index in [0.29, 0.717) is 24.1 Å². The minimum atomic E-state index is -0.250. The predicted octanol–water partition coefficient (Wildman–Crippen LogP) is -0.464. The van der Waals surface area contributed by atoms with Gasteiger partial charge >= 0.3 is 0 Å². The van der Waals surface area contributed by atoms with Gasteiger partial charge in [-0.05, 0) is 20.3 Å².